The van der Waals surface area contributed by atoms with Gasteiger partial charge in [0.15, 0.2) is 5.75 Å². The molecule has 3 aromatic rings. The first kappa shape index (κ1) is 20.7. The summed E-state index contributed by atoms with van der Waals surface area (Å²) in [4.78, 5) is 40.7. The molecular formula is C23H18N4O5. The van der Waals surface area contributed by atoms with Crippen LogP contribution in [0.2, 0.25) is 0 Å². The van der Waals surface area contributed by atoms with Gasteiger partial charge in [0.25, 0.3) is 11.8 Å². The summed E-state index contributed by atoms with van der Waals surface area (Å²) in [5, 5.41) is 16.5. The second-order valence-corrected chi connectivity index (χ2v) is 6.90. The number of benzene rings is 3. The minimum Gasteiger partial charge on any atom is -0.490 e. The van der Waals surface area contributed by atoms with Gasteiger partial charge in [0.2, 0.25) is 6.17 Å². The molecule has 0 fully saturated rings. The van der Waals surface area contributed by atoms with Gasteiger partial charge in [-0.1, -0.05) is 48.5 Å². The first-order valence-electron chi connectivity index (χ1n) is 9.64. The van der Waals surface area contributed by atoms with Gasteiger partial charge in [0.05, 0.1) is 23.4 Å². The SMILES string of the molecule is COc1cc(C(=O)NC2N=C(c3ccccc3)c3ccccc3NC2=O)ccc1[N+](=O)[O-]. The van der Waals surface area contributed by atoms with E-state index in [0.29, 0.717) is 11.4 Å². The molecule has 1 atom stereocenters. The molecule has 0 bridgehead atoms. The minimum absolute atomic E-state index is 0.0613. The van der Waals surface area contributed by atoms with Gasteiger partial charge in [-0.05, 0) is 12.1 Å². The monoisotopic (exact) mass is 430 g/mol. The number of methoxy groups -OCH3 is 1. The van der Waals surface area contributed by atoms with Crippen molar-refractivity contribution in [3.05, 3.63) is 99.6 Å². The standard InChI is InChI=1S/C23H18N4O5/c1-32-19-13-15(11-12-18(19)27(30)31)22(28)26-21-23(29)24-17-10-6-5-9-16(17)20(25-21)14-7-3-2-4-8-14/h2-13,21H,1H3,(H,24,29)(H,26,28). The van der Waals surface area contributed by atoms with Crippen molar-refractivity contribution in [3.8, 4) is 5.75 Å². The Balaban J connectivity index is 1.70. The van der Waals surface area contributed by atoms with Crippen LogP contribution in [0, 0.1) is 10.1 Å². The van der Waals surface area contributed by atoms with Gasteiger partial charge < -0.3 is 15.4 Å². The van der Waals surface area contributed by atoms with Crippen LogP contribution in [-0.2, 0) is 4.79 Å². The Morgan fingerprint density at radius 3 is 2.53 bits per heavy atom. The molecule has 2 amide bonds. The smallest absolute Gasteiger partial charge is 0.310 e. The summed E-state index contributed by atoms with van der Waals surface area (Å²) >= 11 is 0. The molecule has 1 unspecified atom stereocenters. The quantitative estimate of drug-likeness (QED) is 0.475. The van der Waals surface area contributed by atoms with E-state index >= 15 is 0 Å². The summed E-state index contributed by atoms with van der Waals surface area (Å²) in [5.41, 5.74) is 2.46. The van der Waals surface area contributed by atoms with E-state index in [2.05, 4.69) is 15.6 Å². The van der Waals surface area contributed by atoms with Crippen LogP contribution in [0.1, 0.15) is 21.5 Å². The predicted octanol–water partition coefficient (Wildman–Crippen LogP) is 3.15. The summed E-state index contributed by atoms with van der Waals surface area (Å²) in [7, 11) is 1.27. The van der Waals surface area contributed by atoms with Gasteiger partial charge in [-0.3, -0.25) is 19.7 Å². The number of carbonyl (C=O) groups is 2. The number of carbonyl (C=O) groups excluding carboxylic acids is 2. The maximum absolute atomic E-state index is 12.9. The molecule has 9 nitrogen and oxygen atoms in total. The minimum atomic E-state index is -1.22. The number of hydrogen-bond donors (Lipinski definition) is 2. The Hall–Kier alpha value is -4.53. The molecule has 0 spiro atoms. The van der Waals surface area contributed by atoms with Crippen molar-refractivity contribution < 1.29 is 19.2 Å². The Bertz CT molecular complexity index is 1240. The molecule has 0 radical (unpaired) electrons. The van der Waals surface area contributed by atoms with Crippen LogP contribution in [0.15, 0.2) is 77.8 Å². The number of hydrogen-bond acceptors (Lipinski definition) is 6. The van der Waals surface area contributed by atoms with E-state index < -0.39 is 22.9 Å². The molecule has 0 aromatic heterocycles. The molecular weight excluding hydrogens is 412 g/mol. The highest BCUT2D eigenvalue weighted by molar-refractivity contribution is 6.20. The molecule has 2 N–H and O–H groups in total. The molecule has 1 aliphatic rings. The highest BCUT2D eigenvalue weighted by atomic mass is 16.6. The van der Waals surface area contributed by atoms with E-state index in [9.17, 15) is 19.7 Å². The van der Waals surface area contributed by atoms with Crippen LogP contribution in [-0.4, -0.2) is 35.7 Å². The fraction of sp³-hybridized carbons (Fsp3) is 0.0870. The predicted molar refractivity (Wildman–Crippen MR) is 118 cm³/mol. The number of amides is 2. The van der Waals surface area contributed by atoms with Gasteiger partial charge in [-0.15, -0.1) is 0 Å². The third-order valence-electron chi connectivity index (χ3n) is 4.90. The van der Waals surface area contributed by atoms with Crippen molar-refractivity contribution in [2.75, 3.05) is 12.4 Å². The lowest BCUT2D eigenvalue weighted by molar-refractivity contribution is -0.385. The van der Waals surface area contributed by atoms with Crippen molar-refractivity contribution in [1.82, 2.24) is 5.32 Å². The van der Waals surface area contributed by atoms with Crippen LogP contribution in [0.4, 0.5) is 11.4 Å². The summed E-state index contributed by atoms with van der Waals surface area (Å²) in [5.74, 6) is -1.19. The lowest BCUT2D eigenvalue weighted by Crippen LogP contribution is -2.42. The zero-order valence-corrected chi connectivity index (χ0v) is 16.9. The summed E-state index contributed by atoms with van der Waals surface area (Å²) in [6.07, 6.45) is -1.22. The third kappa shape index (κ3) is 4.04. The maximum Gasteiger partial charge on any atom is 0.310 e. The fourth-order valence-electron chi connectivity index (χ4n) is 3.36. The number of nitrogens with zero attached hydrogens (tertiary/aromatic N) is 2. The van der Waals surface area contributed by atoms with Gasteiger partial charge in [0.1, 0.15) is 0 Å². The number of aliphatic imine (C=N–C) groups is 1. The number of para-hydroxylation sites is 1. The lowest BCUT2D eigenvalue weighted by Gasteiger charge is -2.14. The number of nitro groups is 1. The number of anilines is 1. The zero-order chi connectivity index (χ0) is 22.7. The lowest BCUT2D eigenvalue weighted by atomic mass is 10.0. The zero-order valence-electron chi connectivity index (χ0n) is 16.9. The fourth-order valence-corrected chi connectivity index (χ4v) is 3.36. The van der Waals surface area contributed by atoms with Gasteiger partial charge in [-0.25, -0.2) is 4.99 Å². The number of ether oxygens (including phenoxy) is 1. The number of nitro benzene ring substituents is 1. The van der Waals surface area contributed by atoms with Crippen molar-refractivity contribution in [2.45, 2.75) is 6.17 Å². The van der Waals surface area contributed by atoms with E-state index in [1.165, 1.54) is 25.3 Å². The molecule has 32 heavy (non-hydrogen) atoms. The van der Waals surface area contributed by atoms with E-state index in [1.807, 2.05) is 42.5 Å². The topological polar surface area (TPSA) is 123 Å². The van der Waals surface area contributed by atoms with E-state index in [4.69, 9.17) is 4.74 Å². The highest BCUT2D eigenvalue weighted by Gasteiger charge is 2.28. The van der Waals surface area contributed by atoms with Gasteiger partial charge >= 0.3 is 5.69 Å². The number of benzodiazepines with no additional fused rings is 1. The van der Waals surface area contributed by atoms with Crippen molar-refractivity contribution in [2.24, 2.45) is 4.99 Å². The highest BCUT2D eigenvalue weighted by Crippen LogP contribution is 2.28. The number of nitrogens with one attached hydrogen (secondary N) is 2. The second-order valence-electron chi connectivity index (χ2n) is 6.90. The van der Waals surface area contributed by atoms with Gasteiger partial charge in [0, 0.05) is 28.8 Å². The summed E-state index contributed by atoms with van der Waals surface area (Å²) in [6.45, 7) is 0. The molecule has 160 valence electrons. The molecule has 0 aliphatic carbocycles. The molecule has 1 aliphatic heterocycles. The van der Waals surface area contributed by atoms with E-state index in [1.54, 1.807) is 12.1 Å². The Kier molecular flexibility index (Phi) is 5.63. The van der Waals surface area contributed by atoms with Crippen molar-refractivity contribution in [3.63, 3.8) is 0 Å². The number of fused-ring (bicyclic) bond motifs is 1. The Labute approximate surface area is 182 Å². The first-order chi connectivity index (χ1) is 15.5. The molecule has 9 heteroatoms. The molecule has 4 rings (SSSR count). The van der Waals surface area contributed by atoms with Crippen LogP contribution < -0.4 is 15.4 Å². The summed E-state index contributed by atoms with van der Waals surface area (Å²) < 4.78 is 5.02. The molecule has 3 aromatic carbocycles. The average molecular weight is 430 g/mol. The molecule has 1 heterocycles. The van der Waals surface area contributed by atoms with Crippen molar-refractivity contribution >= 4 is 28.9 Å². The molecule has 0 saturated carbocycles. The van der Waals surface area contributed by atoms with E-state index in [0.717, 1.165) is 11.1 Å². The first-order valence-corrected chi connectivity index (χ1v) is 9.64. The van der Waals surface area contributed by atoms with Crippen LogP contribution in [0.3, 0.4) is 0 Å². The average Bonchev–Trinajstić information content (AvgIpc) is 2.95. The molecule has 0 saturated heterocycles. The van der Waals surface area contributed by atoms with Crippen LogP contribution >= 0.6 is 0 Å². The van der Waals surface area contributed by atoms with Gasteiger partial charge in [-0.2, -0.15) is 0 Å². The summed E-state index contributed by atoms with van der Waals surface area (Å²) in [6, 6.07) is 20.3. The normalized spacial score (nSPS) is 15.0. The van der Waals surface area contributed by atoms with Crippen LogP contribution in [0.25, 0.3) is 0 Å². The number of rotatable bonds is 5. The van der Waals surface area contributed by atoms with E-state index in [-0.39, 0.29) is 17.0 Å². The Morgan fingerprint density at radius 1 is 1.09 bits per heavy atom. The second kappa shape index (κ2) is 8.68. The van der Waals surface area contributed by atoms with Crippen molar-refractivity contribution in [1.29, 1.82) is 0 Å². The third-order valence-corrected chi connectivity index (χ3v) is 4.90. The maximum atomic E-state index is 12.9. The largest absolute Gasteiger partial charge is 0.490 e. The Morgan fingerprint density at radius 2 is 1.81 bits per heavy atom. The van der Waals surface area contributed by atoms with Crippen LogP contribution in [0.5, 0.6) is 5.75 Å².